The number of hydrogen-bond acceptors (Lipinski definition) is 2. The molecule has 1 amide bonds. The van der Waals surface area contributed by atoms with Crippen molar-refractivity contribution in [1.82, 2.24) is 14.7 Å². The molecule has 4 rings (SSSR count). The summed E-state index contributed by atoms with van der Waals surface area (Å²) in [5.41, 5.74) is 3.64. The molecule has 2 aliphatic rings. The highest BCUT2D eigenvalue weighted by molar-refractivity contribution is 5.94. The van der Waals surface area contributed by atoms with Gasteiger partial charge in [-0.05, 0) is 76.1 Å². The van der Waals surface area contributed by atoms with Crippen molar-refractivity contribution < 1.29 is 9.18 Å². The maximum Gasteiger partial charge on any atom is 0.274 e. The molecular weight excluding hydrogens is 317 g/mol. The van der Waals surface area contributed by atoms with Crippen molar-refractivity contribution in [3.63, 3.8) is 0 Å². The Balaban J connectivity index is 1.75. The van der Waals surface area contributed by atoms with Crippen LogP contribution in [0, 0.1) is 5.82 Å². The molecule has 0 bridgehead atoms. The summed E-state index contributed by atoms with van der Waals surface area (Å²) in [6.07, 6.45) is 7.34. The van der Waals surface area contributed by atoms with E-state index in [1.807, 2.05) is 9.58 Å². The van der Waals surface area contributed by atoms with Crippen molar-refractivity contribution in [3.8, 4) is 5.69 Å². The number of carbonyl (C=O) groups excluding carboxylic acids is 1. The zero-order chi connectivity index (χ0) is 17.4. The third-order valence-electron chi connectivity index (χ3n) is 5.52. The minimum atomic E-state index is -0.261. The van der Waals surface area contributed by atoms with Gasteiger partial charge < -0.3 is 4.90 Å². The summed E-state index contributed by atoms with van der Waals surface area (Å²) in [5, 5.41) is 4.70. The third-order valence-corrected chi connectivity index (χ3v) is 5.52. The smallest absolute Gasteiger partial charge is 0.274 e. The Labute approximate surface area is 147 Å². The Morgan fingerprint density at radius 2 is 1.88 bits per heavy atom. The number of rotatable bonds is 2. The lowest BCUT2D eigenvalue weighted by molar-refractivity contribution is 0.0628. The van der Waals surface area contributed by atoms with Gasteiger partial charge in [0.15, 0.2) is 5.69 Å². The average molecular weight is 341 g/mol. The Morgan fingerprint density at radius 1 is 1.12 bits per heavy atom. The van der Waals surface area contributed by atoms with Crippen molar-refractivity contribution in [3.05, 3.63) is 47.0 Å². The van der Waals surface area contributed by atoms with E-state index in [1.54, 1.807) is 12.1 Å². The van der Waals surface area contributed by atoms with E-state index in [0.717, 1.165) is 62.0 Å². The van der Waals surface area contributed by atoms with E-state index in [2.05, 4.69) is 6.92 Å². The minimum absolute atomic E-state index is 0.0613. The summed E-state index contributed by atoms with van der Waals surface area (Å²) in [6.45, 7) is 2.94. The molecule has 2 aromatic rings. The van der Waals surface area contributed by atoms with Crippen LogP contribution in [0.2, 0.25) is 0 Å². The number of nitrogens with zero attached hydrogens (tertiary/aromatic N) is 3. The molecule has 1 fully saturated rings. The number of carbonyl (C=O) groups is 1. The first-order valence-electron chi connectivity index (χ1n) is 9.33. The zero-order valence-electron chi connectivity index (χ0n) is 14.7. The van der Waals surface area contributed by atoms with Crippen LogP contribution < -0.4 is 0 Å². The monoisotopic (exact) mass is 341 g/mol. The Kier molecular flexibility index (Phi) is 4.32. The summed E-state index contributed by atoms with van der Waals surface area (Å²) in [5.74, 6) is -0.200. The van der Waals surface area contributed by atoms with Crippen molar-refractivity contribution in [2.24, 2.45) is 0 Å². The van der Waals surface area contributed by atoms with Gasteiger partial charge in [0, 0.05) is 23.8 Å². The van der Waals surface area contributed by atoms with Crippen LogP contribution in [0.1, 0.15) is 60.8 Å². The van der Waals surface area contributed by atoms with Crippen LogP contribution >= 0.6 is 0 Å². The van der Waals surface area contributed by atoms with Gasteiger partial charge >= 0.3 is 0 Å². The van der Waals surface area contributed by atoms with Crippen molar-refractivity contribution in [1.29, 1.82) is 0 Å². The van der Waals surface area contributed by atoms with E-state index in [0.29, 0.717) is 5.69 Å². The molecule has 0 radical (unpaired) electrons. The van der Waals surface area contributed by atoms with Gasteiger partial charge in [0.25, 0.3) is 5.91 Å². The first-order chi connectivity index (χ1) is 12.1. The molecule has 25 heavy (non-hydrogen) atoms. The first-order valence-corrected chi connectivity index (χ1v) is 9.33. The van der Waals surface area contributed by atoms with Crippen molar-refractivity contribution >= 4 is 5.91 Å². The molecule has 1 saturated heterocycles. The van der Waals surface area contributed by atoms with Crippen LogP contribution in [-0.4, -0.2) is 33.2 Å². The van der Waals surface area contributed by atoms with Crippen LogP contribution in [0.15, 0.2) is 24.3 Å². The standard InChI is InChI=1S/C20H24FN3O/c1-14-6-4-5-13-23(14)20(25)19-17-7-2-3-8-18(17)24(22-19)16-11-9-15(21)10-12-16/h9-12,14H,2-8,13H2,1H3. The molecule has 1 aliphatic heterocycles. The SMILES string of the molecule is CC1CCCCN1C(=O)c1nn(-c2ccc(F)cc2)c2c1CCCC2. The molecule has 1 atom stereocenters. The second-order valence-electron chi connectivity index (χ2n) is 7.21. The predicted octanol–water partition coefficient (Wildman–Crippen LogP) is 3.90. The Hall–Kier alpha value is -2.17. The molecule has 2 heterocycles. The van der Waals surface area contributed by atoms with Crippen LogP contribution in [0.25, 0.3) is 5.69 Å². The quantitative estimate of drug-likeness (QED) is 0.831. The lowest BCUT2D eigenvalue weighted by Crippen LogP contribution is -2.42. The fraction of sp³-hybridized carbons (Fsp3) is 0.500. The molecule has 4 nitrogen and oxygen atoms in total. The van der Waals surface area contributed by atoms with Gasteiger partial charge in [0.2, 0.25) is 0 Å². The largest absolute Gasteiger partial charge is 0.335 e. The molecule has 0 saturated carbocycles. The van der Waals surface area contributed by atoms with Gasteiger partial charge in [-0.15, -0.1) is 0 Å². The van der Waals surface area contributed by atoms with Crippen LogP contribution in [-0.2, 0) is 12.8 Å². The van der Waals surface area contributed by atoms with Gasteiger partial charge in [0.1, 0.15) is 5.82 Å². The number of likely N-dealkylation sites (tertiary alicyclic amines) is 1. The molecule has 5 heteroatoms. The van der Waals surface area contributed by atoms with Gasteiger partial charge in [0.05, 0.1) is 5.69 Å². The molecule has 0 N–H and O–H groups in total. The third kappa shape index (κ3) is 2.96. The number of amides is 1. The normalized spacial score (nSPS) is 20.4. The highest BCUT2D eigenvalue weighted by Gasteiger charge is 2.31. The summed E-state index contributed by atoms with van der Waals surface area (Å²) in [6, 6.07) is 6.63. The predicted molar refractivity (Wildman–Crippen MR) is 94.5 cm³/mol. The first kappa shape index (κ1) is 16.3. The van der Waals surface area contributed by atoms with Crippen LogP contribution in [0.3, 0.4) is 0 Å². The number of piperidine rings is 1. The van der Waals surface area contributed by atoms with Gasteiger partial charge in [-0.2, -0.15) is 5.10 Å². The molecular formula is C20H24FN3O. The van der Waals surface area contributed by atoms with E-state index >= 15 is 0 Å². The van der Waals surface area contributed by atoms with E-state index in [4.69, 9.17) is 5.10 Å². The van der Waals surface area contributed by atoms with E-state index in [9.17, 15) is 9.18 Å². The second kappa shape index (κ2) is 6.62. The minimum Gasteiger partial charge on any atom is -0.335 e. The highest BCUT2D eigenvalue weighted by atomic mass is 19.1. The van der Waals surface area contributed by atoms with Crippen molar-refractivity contribution in [2.45, 2.75) is 57.9 Å². The lowest BCUT2D eigenvalue weighted by atomic mass is 9.94. The fourth-order valence-corrected chi connectivity index (χ4v) is 4.10. The summed E-state index contributed by atoms with van der Waals surface area (Å²) in [4.78, 5) is 15.2. The molecule has 1 aromatic heterocycles. The summed E-state index contributed by atoms with van der Waals surface area (Å²) in [7, 11) is 0. The number of benzene rings is 1. The zero-order valence-corrected chi connectivity index (χ0v) is 14.7. The Bertz CT molecular complexity index is 781. The van der Waals surface area contributed by atoms with E-state index < -0.39 is 0 Å². The number of halogens is 1. The topological polar surface area (TPSA) is 38.1 Å². The summed E-state index contributed by atoms with van der Waals surface area (Å²) >= 11 is 0. The van der Waals surface area contributed by atoms with Gasteiger partial charge in [-0.3, -0.25) is 4.79 Å². The van der Waals surface area contributed by atoms with Crippen LogP contribution in [0.4, 0.5) is 4.39 Å². The Morgan fingerprint density at radius 3 is 2.64 bits per heavy atom. The highest BCUT2D eigenvalue weighted by Crippen LogP contribution is 2.29. The van der Waals surface area contributed by atoms with E-state index in [1.165, 1.54) is 18.6 Å². The average Bonchev–Trinajstić information content (AvgIpc) is 3.02. The number of fused-ring (bicyclic) bond motifs is 1. The second-order valence-corrected chi connectivity index (χ2v) is 7.21. The number of aromatic nitrogens is 2. The van der Waals surface area contributed by atoms with E-state index in [-0.39, 0.29) is 17.8 Å². The maximum atomic E-state index is 13.3. The molecule has 1 unspecified atom stereocenters. The van der Waals surface area contributed by atoms with Gasteiger partial charge in [-0.1, -0.05) is 0 Å². The molecule has 0 spiro atoms. The van der Waals surface area contributed by atoms with Crippen molar-refractivity contribution in [2.75, 3.05) is 6.54 Å². The molecule has 1 aliphatic carbocycles. The molecule has 1 aromatic carbocycles. The lowest BCUT2D eigenvalue weighted by Gasteiger charge is -2.33. The molecule has 132 valence electrons. The fourth-order valence-electron chi connectivity index (χ4n) is 4.10. The van der Waals surface area contributed by atoms with Crippen LogP contribution in [0.5, 0.6) is 0 Å². The summed E-state index contributed by atoms with van der Waals surface area (Å²) < 4.78 is 15.1. The maximum absolute atomic E-state index is 13.3. The number of hydrogen-bond donors (Lipinski definition) is 0. The van der Waals surface area contributed by atoms with Gasteiger partial charge in [-0.25, -0.2) is 9.07 Å².